The summed E-state index contributed by atoms with van der Waals surface area (Å²) in [6, 6.07) is 15.3. The Bertz CT molecular complexity index is 912. The molecule has 0 radical (unpaired) electrons. The van der Waals surface area contributed by atoms with E-state index in [4.69, 9.17) is 4.74 Å². The molecule has 2 atom stereocenters. The van der Waals surface area contributed by atoms with Gasteiger partial charge in [-0.25, -0.2) is 4.79 Å². The summed E-state index contributed by atoms with van der Waals surface area (Å²) in [5.41, 5.74) is 2.04. The van der Waals surface area contributed by atoms with Crippen LogP contribution in [0.5, 0.6) is 0 Å². The number of esters is 1. The Labute approximate surface area is 174 Å². The maximum atomic E-state index is 12.3. The fraction of sp³-hybridized carbons (Fsp3) is 0.423. The lowest BCUT2D eigenvalue weighted by Crippen LogP contribution is -2.49. The molecule has 0 aliphatic carbocycles. The SMILES string of the molecule is CC(C=Cc1ccc2ccccc2c1)=CC(=O)OCC1CCCN2CCCCC12. The Morgan fingerprint density at radius 3 is 2.79 bits per heavy atom. The fourth-order valence-corrected chi connectivity index (χ4v) is 4.78. The Hall–Kier alpha value is -2.39. The van der Waals surface area contributed by atoms with E-state index in [0.29, 0.717) is 18.6 Å². The minimum Gasteiger partial charge on any atom is -0.462 e. The molecule has 2 unspecified atom stereocenters. The van der Waals surface area contributed by atoms with E-state index in [2.05, 4.69) is 47.4 Å². The molecular weight excluding hydrogens is 358 g/mol. The van der Waals surface area contributed by atoms with Gasteiger partial charge in [-0.2, -0.15) is 0 Å². The zero-order valence-corrected chi connectivity index (χ0v) is 17.3. The van der Waals surface area contributed by atoms with Gasteiger partial charge in [-0.05, 0) is 73.7 Å². The molecule has 152 valence electrons. The van der Waals surface area contributed by atoms with Gasteiger partial charge in [0.05, 0.1) is 6.61 Å². The van der Waals surface area contributed by atoms with Crippen LogP contribution in [-0.2, 0) is 9.53 Å². The van der Waals surface area contributed by atoms with Gasteiger partial charge in [0, 0.05) is 18.0 Å². The first-order chi connectivity index (χ1) is 14.2. The van der Waals surface area contributed by atoms with Crippen molar-refractivity contribution in [2.24, 2.45) is 5.92 Å². The van der Waals surface area contributed by atoms with Crippen LogP contribution in [0.2, 0.25) is 0 Å². The predicted molar refractivity (Wildman–Crippen MR) is 120 cm³/mol. The van der Waals surface area contributed by atoms with Crippen molar-refractivity contribution < 1.29 is 9.53 Å². The molecule has 4 rings (SSSR count). The van der Waals surface area contributed by atoms with Crippen LogP contribution < -0.4 is 0 Å². The van der Waals surface area contributed by atoms with Crippen LogP contribution in [-0.4, -0.2) is 36.6 Å². The third-order valence-electron chi connectivity index (χ3n) is 6.33. The molecule has 3 nitrogen and oxygen atoms in total. The lowest BCUT2D eigenvalue weighted by Gasteiger charge is -2.44. The van der Waals surface area contributed by atoms with Gasteiger partial charge >= 0.3 is 5.97 Å². The summed E-state index contributed by atoms with van der Waals surface area (Å²) >= 11 is 0. The Kier molecular flexibility index (Phi) is 6.46. The highest BCUT2D eigenvalue weighted by Gasteiger charge is 2.33. The van der Waals surface area contributed by atoms with E-state index in [1.54, 1.807) is 6.08 Å². The molecule has 0 amide bonds. The van der Waals surface area contributed by atoms with Gasteiger partial charge in [0.1, 0.15) is 0 Å². The van der Waals surface area contributed by atoms with Gasteiger partial charge in [-0.1, -0.05) is 55.0 Å². The molecular formula is C26H31NO2. The topological polar surface area (TPSA) is 29.5 Å². The molecule has 0 saturated carbocycles. The van der Waals surface area contributed by atoms with Crippen molar-refractivity contribution in [1.82, 2.24) is 4.90 Å². The molecule has 2 heterocycles. The standard InChI is InChI=1S/C26H31NO2/c1-20(11-12-21-13-14-22-7-2-3-8-23(22)18-21)17-26(28)29-19-24-9-6-16-27-15-5-4-10-25(24)27/h2-3,7-8,11-14,17-18,24-25H,4-6,9-10,15-16,19H2,1H3. The van der Waals surface area contributed by atoms with Crippen molar-refractivity contribution in [1.29, 1.82) is 0 Å². The van der Waals surface area contributed by atoms with Crippen molar-refractivity contribution >= 4 is 22.8 Å². The number of piperidine rings is 2. The summed E-state index contributed by atoms with van der Waals surface area (Å²) in [5, 5.41) is 2.46. The van der Waals surface area contributed by atoms with Gasteiger partial charge in [-0.3, -0.25) is 4.90 Å². The lowest BCUT2D eigenvalue weighted by atomic mass is 9.84. The molecule has 0 aromatic heterocycles. The average Bonchev–Trinajstić information content (AvgIpc) is 2.76. The summed E-state index contributed by atoms with van der Waals surface area (Å²) < 4.78 is 5.63. The van der Waals surface area contributed by atoms with E-state index < -0.39 is 0 Å². The Morgan fingerprint density at radius 1 is 1.07 bits per heavy atom. The van der Waals surface area contributed by atoms with Crippen molar-refractivity contribution in [3.05, 3.63) is 65.8 Å². The third-order valence-corrected chi connectivity index (χ3v) is 6.33. The maximum Gasteiger partial charge on any atom is 0.331 e. The normalized spacial score (nSPS) is 23.3. The van der Waals surface area contributed by atoms with Crippen molar-refractivity contribution in [2.75, 3.05) is 19.7 Å². The molecule has 2 aliphatic heterocycles. The number of carbonyl (C=O) groups is 1. The molecule has 2 aliphatic rings. The number of benzene rings is 2. The van der Waals surface area contributed by atoms with Gasteiger partial charge in [0.25, 0.3) is 0 Å². The molecule has 0 bridgehead atoms. The first-order valence-electron chi connectivity index (χ1n) is 10.9. The van der Waals surface area contributed by atoms with Crippen molar-refractivity contribution in [2.45, 2.75) is 45.1 Å². The largest absolute Gasteiger partial charge is 0.462 e. The van der Waals surface area contributed by atoms with Gasteiger partial charge < -0.3 is 4.74 Å². The highest BCUT2D eigenvalue weighted by Crippen LogP contribution is 2.31. The first kappa shape index (κ1) is 19.9. The number of carbonyl (C=O) groups excluding carboxylic acids is 1. The highest BCUT2D eigenvalue weighted by molar-refractivity contribution is 5.85. The number of hydrogen-bond donors (Lipinski definition) is 0. The smallest absolute Gasteiger partial charge is 0.331 e. The quantitative estimate of drug-likeness (QED) is 0.378. The minimum absolute atomic E-state index is 0.224. The Morgan fingerprint density at radius 2 is 1.90 bits per heavy atom. The number of rotatable bonds is 5. The van der Waals surface area contributed by atoms with Crippen molar-refractivity contribution in [3.8, 4) is 0 Å². The zero-order valence-electron chi connectivity index (χ0n) is 17.3. The maximum absolute atomic E-state index is 12.3. The van der Waals surface area contributed by atoms with Crippen LogP contribution in [0.25, 0.3) is 16.8 Å². The number of ether oxygens (including phenoxy) is 1. The number of fused-ring (bicyclic) bond motifs is 2. The van der Waals surface area contributed by atoms with Crippen LogP contribution in [0.1, 0.15) is 44.6 Å². The van der Waals surface area contributed by atoms with E-state index >= 15 is 0 Å². The first-order valence-corrected chi connectivity index (χ1v) is 10.9. The van der Waals surface area contributed by atoms with Gasteiger partial charge in [-0.15, -0.1) is 0 Å². The average molecular weight is 390 g/mol. The summed E-state index contributed by atoms with van der Waals surface area (Å²) in [7, 11) is 0. The van der Waals surface area contributed by atoms with Crippen LogP contribution in [0, 0.1) is 5.92 Å². The summed E-state index contributed by atoms with van der Waals surface area (Å²) in [6.07, 6.45) is 11.9. The van der Waals surface area contributed by atoms with Gasteiger partial charge in [0.2, 0.25) is 0 Å². The number of nitrogens with zero attached hydrogens (tertiary/aromatic N) is 1. The molecule has 2 saturated heterocycles. The molecule has 0 N–H and O–H groups in total. The monoisotopic (exact) mass is 389 g/mol. The summed E-state index contributed by atoms with van der Waals surface area (Å²) in [5.74, 6) is 0.272. The van der Waals surface area contributed by atoms with E-state index in [1.807, 2.05) is 19.1 Å². The second-order valence-corrected chi connectivity index (χ2v) is 8.46. The van der Waals surface area contributed by atoms with E-state index in [9.17, 15) is 4.79 Å². The fourth-order valence-electron chi connectivity index (χ4n) is 4.78. The third kappa shape index (κ3) is 5.16. The van der Waals surface area contributed by atoms with Crippen LogP contribution in [0.4, 0.5) is 0 Å². The summed E-state index contributed by atoms with van der Waals surface area (Å²) in [6.45, 7) is 4.93. The predicted octanol–water partition coefficient (Wildman–Crippen LogP) is 5.61. The highest BCUT2D eigenvalue weighted by atomic mass is 16.5. The minimum atomic E-state index is -0.224. The van der Waals surface area contributed by atoms with E-state index in [1.165, 1.54) is 56.0 Å². The van der Waals surface area contributed by atoms with Gasteiger partial charge in [0.15, 0.2) is 0 Å². The van der Waals surface area contributed by atoms with Crippen LogP contribution in [0.3, 0.4) is 0 Å². The molecule has 3 heteroatoms. The number of allylic oxidation sites excluding steroid dienone is 2. The number of hydrogen-bond acceptors (Lipinski definition) is 3. The molecule has 2 aromatic carbocycles. The van der Waals surface area contributed by atoms with E-state index in [0.717, 1.165) is 11.1 Å². The van der Waals surface area contributed by atoms with E-state index in [-0.39, 0.29) is 5.97 Å². The Balaban J connectivity index is 1.32. The lowest BCUT2D eigenvalue weighted by molar-refractivity contribution is -0.140. The molecule has 0 spiro atoms. The molecule has 29 heavy (non-hydrogen) atoms. The second-order valence-electron chi connectivity index (χ2n) is 8.46. The van der Waals surface area contributed by atoms with Crippen molar-refractivity contribution in [3.63, 3.8) is 0 Å². The van der Waals surface area contributed by atoms with Crippen LogP contribution >= 0.6 is 0 Å². The van der Waals surface area contributed by atoms with Crippen LogP contribution in [0.15, 0.2) is 60.2 Å². The second kappa shape index (κ2) is 9.41. The zero-order chi connectivity index (χ0) is 20.1. The molecule has 2 fully saturated rings. The molecule has 2 aromatic rings. The summed E-state index contributed by atoms with van der Waals surface area (Å²) in [4.78, 5) is 14.9.